The first-order valence-corrected chi connectivity index (χ1v) is 33.5. The predicted molar refractivity (Wildman–Crippen MR) is 348 cm³/mol. The predicted octanol–water partition coefficient (Wildman–Crippen LogP) is -2.46. The quantitative estimate of drug-likeness (QED) is 0.0433. The molecule has 0 bridgehead atoms. The number of nitrogens with two attached hydrogens (primary N) is 1. The molecule has 7 amide bonds. The van der Waals surface area contributed by atoms with Crippen LogP contribution in [-0.2, 0) is 35.2 Å². The Morgan fingerprint density at radius 2 is 1.38 bits per heavy atom. The number of nitrogens with zero attached hydrogens (tertiary/aromatic N) is 6. The number of amides is 7. The highest BCUT2D eigenvalue weighted by molar-refractivity contribution is 7.17. The fourth-order valence-corrected chi connectivity index (χ4v) is 13.9. The number of hydrogen-bond acceptors (Lipinski definition) is 23. The van der Waals surface area contributed by atoms with Crippen LogP contribution in [0.25, 0.3) is 21.1 Å². The van der Waals surface area contributed by atoms with Gasteiger partial charge >= 0.3 is 0 Å². The molecule has 5 heterocycles. The zero-order chi connectivity index (χ0) is 68.2. The Bertz CT molecular complexity index is 3280. The molecule has 518 valence electrons. The lowest BCUT2D eigenvalue weighted by Crippen LogP contribution is -2.64. The van der Waals surface area contributed by atoms with Crippen molar-refractivity contribution >= 4 is 58.4 Å². The van der Waals surface area contributed by atoms with E-state index in [0.717, 1.165) is 60.1 Å². The number of aliphatic hydroxyl groups is 7. The number of phenols is 1. The van der Waals surface area contributed by atoms with Gasteiger partial charge in [0.15, 0.2) is 11.5 Å². The Kier molecular flexibility index (Phi) is 24.9. The highest BCUT2D eigenvalue weighted by Crippen LogP contribution is 2.34. The molecule has 5 aliphatic rings. The van der Waals surface area contributed by atoms with Crippen LogP contribution in [0.3, 0.4) is 0 Å². The summed E-state index contributed by atoms with van der Waals surface area (Å²) in [6, 6.07) is 8.21. The van der Waals surface area contributed by atoms with Crippen molar-refractivity contribution in [1.29, 1.82) is 0 Å². The summed E-state index contributed by atoms with van der Waals surface area (Å²) in [5.74, 6) is -7.84. The second-order valence-corrected chi connectivity index (χ2v) is 26.7. The van der Waals surface area contributed by atoms with Gasteiger partial charge in [0.25, 0.3) is 5.91 Å². The maximum Gasteiger partial charge on any atom is 0.251 e. The molecule has 95 heavy (non-hydrogen) atoms. The average molecular weight is 1340 g/mol. The van der Waals surface area contributed by atoms with Crippen LogP contribution in [0.1, 0.15) is 81.6 Å². The SMILES string of the molecule is CC1CCC(N2CCN(c3ccc(-c4nnc(-c5ccc(C(=O)NC6C[C@@H](O)CNC(=O)[C@@H]7[C@@H](O)[C@@H](C)CN7C(=O)[C@H]([C@H](O)CCN)NC(=O)[C@H]([C@H](O)Cc7ccc(O)c(OCCNCCO)c7)NC(=O)[C@@H]7C[C@@H](O)CN7C(=O)[C@H]([C@@H](C)O)NC6=O)cc5)s4)cc3)CC2)CC1. The molecule has 16 N–H and O–H groups in total. The van der Waals surface area contributed by atoms with Crippen LogP contribution in [0.15, 0.2) is 66.7 Å². The molecule has 4 aromatic rings. The molecular weight excluding hydrogens is 1250 g/mol. The van der Waals surface area contributed by atoms with E-state index in [0.29, 0.717) is 21.6 Å². The first-order valence-electron chi connectivity index (χ1n) is 32.7. The van der Waals surface area contributed by atoms with Crippen LogP contribution in [0.4, 0.5) is 5.69 Å². The van der Waals surface area contributed by atoms with Crippen LogP contribution in [0.5, 0.6) is 11.5 Å². The minimum atomic E-state index is -2.05. The highest BCUT2D eigenvalue weighted by Gasteiger charge is 2.50. The van der Waals surface area contributed by atoms with E-state index in [1.807, 2.05) is 12.1 Å². The number of aromatic nitrogens is 2. The molecule has 4 saturated heterocycles. The van der Waals surface area contributed by atoms with Crippen LogP contribution in [-0.4, -0.2) is 265 Å². The van der Waals surface area contributed by atoms with Crippen LogP contribution in [0.2, 0.25) is 0 Å². The van der Waals surface area contributed by atoms with E-state index in [9.17, 15) is 69.3 Å². The second-order valence-electron chi connectivity index (χ2n) is 25.7. The van der Waals surface area contributed by atoms with E-state index in [4.69, 9.17) is 15.6 Å². The van der Waals surface area contributed by atoms with Crippen molar-refractivity contribution < 1.29 is 79.2 Å². The molecule has 1 aromatic heterocycles. The topological polar surface area (TPSA) is 427 Å². The van der Waals surface area contributed by atoms with Gasteiger partial charge in [0.05, 0.1) is 43.2 Å². The molecule has 0 spiro atoms. The van der Waals surface area contributed by atoms with Crippen LogP contribution in [0, 0.1) is 11.8 Å². The van der Waals surface area contributed by atoms with E-state index in [-0.39, 0.29) is 68.4 Å². The maximum atomic E-state index is 14.8. The number of aromatic hydroxyl groups is 1. The lowest BCUT2D eigenvalue weighted by molar-refractivity contribution is -0.147. The van der Waals surface area contributed by atoms with Crippen molar-refractivity contribution in [3.63, 3.8) is 0 Å². The monoisotopic (exact) mass is 1340 g/mol. The molecule has 1 saturated carbocycles. The average Bonchev–Trinajstić information content (AvgIpc) is 1.69. The van der Waals surface area contributed by atoms with E-state index >= 15 is 0 Å². The summed E-state index contributed by atoms with van der Waals surface area (Å²) in [6.45, 7) is 7.78. The molecule has 4 aliphatic heterocycles. The summed E-state index contributed by atoms with van der Waals surface area (Å²) in [5, 5.41) is 114. The number of benzene rings is 3. The molecule has 0 radical (unpaired) electrons. The number of carbonyl (C=O) groups is 7. The van der Waals surface area contributed by atoms with Gasteiger partial charge < -0.3 is 97.9 Å². The number of fused-ring (bicyclic) bond motifs is 2. The Morgan fingerprint density at radius 1 is 0.737 bits per heavy atom. The Balaban J connectivity index is 0.946. The molecule has 29 nitrogen and oxygen atoms in total. The van der Waals surface area contributed by atoms with Gasteiger partial charge in [-0.3, -0.25) is 38.5 Å². The fourth-order valence-electron chi connectivity index (χ4n) is 13.1. The minimum Gasteiger partial charge on any atom is -0.504 e. The Labute approximate surface area is 554 Å². The van der Waals surface area contributed by atoms with E-state index in [1.54, 1.807) is 12.1 Å². The summed E-state index contributed by atoms with van der Waals surface area (Å²) < 4.78 is 5.70. The molecule has 13 atom stereocenters. The summed E-state index contributed by atoms with van der Waals surface area (Å²) in [6.07, 6.45) is -6.78. The van der Waals surface area contributed by atoms with E-state index < -0.39 is 152 Å². The zero-order valence-electron chi connectivity index (χ0n) is 53.7. The first kappa shape index (κ1) is 71.8. The van der Waals surface area contributed by atoms with Gasteiger partial charge in [0.1, 0.15) is 52.9 Å². The number of ether oxygens (including phenoxy) is 1. The first-order chi connectivity index (χ1) is 45.5. The number of carbonyl (C=O) groups excluding carboxylic acids is 7. The Morgan fingerprint density at radius 3 is 2.03 bits per heavy atom. The Hall–Kier alpha value is -7.49. The lowest BCUT2D eigenvalue weighted by atomic mass is 9.86. The van der Waals surface area contributed by atoms with Crippen molar-refractivity contribution in [1.82, 2.24) is 56.8 Å². The van der Waals surface area contributed by atoms with E-state index in [2.05, 4.69) is 71.0 Å². The van der Waals surface area contributed by atoms with E-state index in [1.165, 1.54) is 74.3 Å². The van der Waals surface area contributed by atoms with Crippen molar-refractivity contribution in [2.75, 3.05) is 83.6 Å². The third-order valence-corrected chi connectivity index (χ3v) is 19.6. The van der Waals surface area contributed by atoms with Gasteiger partial charge in [0, 0.05) is 113 Å². The summed E-state index contributed by atoms with van der Waals surface area (Å²) in [7, 11) is 0. The zero-order valence-corrected chi connectivity index (χ0v) is 54.5. The number of nitrogens with one attached hydrogen (secondary N) is 6. The van der Waals surface area contributed by atoms with Gasteiger partial charge in [-0.25, -0.2) is 0 Å². The van der Waals surface area contributed by atoms with Crippen LogP contribution >= 0.6 is 11.3 Å². The number of rotatable bonds is 19. The normalized spacial score (nSPS) is 28.1. The van der Waals surface area contributed by atoms with Gasteiger partial charge in [-0.15, -0.1) is 10.2 Å². The number of aliphatic hydroxyl groups excluding tert-OH is 7. The van der Waals surface area contributed by atoms with Gasteiger partial charge in [-0.05, 0) is 106 Å². The molecule has 3 aromatic carbocycles. The highest BCUT2D eigenvalue weighted by atomic mass is 32.1. The van der Waals surface area contributed by atoms with Crippen molar-refractivity contribution in [3.05, 3.63) is 77.9 Å². The fraction of sp³-hybridized carbons (Fsp3) is 0.585. The third kappa shape index (κ3) is 18.0. The number of β-amino-alcohol motifs (C(OH)–C–C–N with tert-alkyl or cyclic N) is 1. The van der Waals surface area contributed by atoms with Crippen molar-refractivity contribution in [2.45, 2.75) is 151 Å². The molecule has 9 rings (SSSR count). The largest absolute Gasteiger partial charge is 0.504 e. The minimum absolute atomic E-state index is 0.0282. The number of phenolic OH excluding ortho intramolecular Hbond substituents is 1. The number of hydrogen-bond donors (Lipinski definition) is 15. The van der Waals surface area contributed by atoms with Crippen molar-refractivity contribution in [2.24, 2.45) is 17.6 Å². The molecule has 5 fully saturated rings. The summed E-state index contributed by atoms with van der Waals surface area (Å²) in [4.78, 5) is 109. The smallest absolute Gasteiger partial charge is 0.251 e. The molecular formula is C65H91N13O16S. The second kappa shape index (κ2) is 33.0. The summed E-state index contributed by atoms with van der Waals surface area (Å²) in [5.41, 5.74) is 8.77. The van der Waals surface area contributed by atoms with Gasteiger partial charge in [-0.2, -0.15) is 0 Å². The third-order valence-electron chi connectivity index (χ3n) is 18.6. The lowest BCUT2D eigenvalue weighted by Gasteiger charge is -2.42. The van der Waals surface area contributed by atoms with Gasteiger partial charge in [0.2, 0.25) is 35.4 Å². The number of piperazine rings is 1. The maximum absolute atomic E-state index is 14.8. The van der Waals surface area contributed by atoms with Gasteiger partial charge in [-0.1, -0.05) is 43.4 Å². The standard InChI is InChI=1S/C65H91N13O16S/c1-35-4-13-42(14-5-35)75-22-24-76(25-23-75)43-15-11-41(12-16-43)63-74-73-62(95-63)40-9-7-39(8-10-40)57(87)69-46-30-44(81)32-68-61(91)55-56(86)36(2)33-78(55)65(93)54(49(84)18-19-66)72-60(90)53(50(85)28-38-6-17-48(83)51(29-38)94-27-21-67-20-26-79)71-59(89)47-31-45(82)34-77(47)64(92)52(37(3)80)70-58(46)88/h6-12,15-17,29,35-37,42,44-47,49-50,52-56,67,79-86H,4-5,13-14,18-28,30-34,66H2,1-3H3,(H,68,91)(H,69,87)(H,70,88)(H,71,89)(H,72,90)/t35?,36-,37+,42?,44+,45+,46?,47-,49+,50+,52-,53-,54-,55-,56-/m0/s1. The molecule has 30 heteroatoms. The summed E-state index contributed by atoms with van der Waals surface area (Å²) >= 11 is 1.35. The molecule has 1 aliphatic carbocycles. The number of anilines is 1. The van der Waals surface area contributed by atoms with Crippen molar-refractivity contribution in [3.8, 4) is 32.6 Å². The van der Waals surface area contributed by atoms with Crippen LogP contribution < -0.4 is 47.3 Å². The molecule has 1 unspecified atom stereocenters.